The van der Waals surface area contributed by atoms with Gasteiger partial charge in [-0.15, -0.1) is 0 Å². The second kappa shape index (κ2) is 8.91. The molecule has 0 aliphatic carbocycles. The van der Waals surface area contributed by atoms with Crippen LogP contribution in [0.25, 0.3) is 0 Å². The lowest BCUT2D eigenvalue weighted by molar-refractivity contribution is 0.385. The van der Waals surface area contributed by atoms with E-state index in [-0.39, 0.29) is 37.0 Å². The molecule has 0 unspecified atom stereocenters. The first kappa shape index (κ1) is 23.1. The van der Waals surface area contributed by atoms with Gasteiger partial charge in [-0.3, -0.25) is 9.44 Å². The van der Waals surface area contributed by atoms with Crippen molar-refractivity contribution >= 4 is 54.6 Å². The van der Waals surface area contributed by atoms with Crippen LogP contribution in [0.3, 0.4) is 0 Å². The van der Waals surface area contributed by atoms with Gasteiger partial charge in [-0.05, 0) is 48.5 Å². The fourth-order valence-electron chi connectivity index (χ4n) is 2.51. The van der Waals surface area contributed by atoms with Gasteiger partial charge in [0.1, 0.15) is 0 Å². The lowest BCUT2D eigenvalue weighted by Crippen LogP contribution is -2.15. The first-order valence-electron chi connectivity index (χ1n) is 8.47. The van der Waals surface area contributed by atoms with E-state index in [0.717, 1.165) is 18.2 Å². The minimum Gasteiger partial charge on any atom is -0.494 e. The van der Waals surface area contributed by atoms with Crippen molar-refractivity contribution in [2.24, 2.45) is 0 Å². The standard InChI is InChI=1S/C19H15Cl2FN2O5S2/c1-29-18-11-14(9-10-16(18)22)31(27,28)23-12-5-7-13(8-6-12)30(25,26)24-17-4-2-3-15(20)19(17)21/h2-11,23-24H,1H3. The third-order valence-electron chi connectivity index (χ3n) is 4.05. The molecule has 0 saturated heterocycles. The van der Waals surface area contributed by atoms with Crippen molar-refractivity contribution in [2.75, 3.05) is 16.6 Å². The van der Waals surface area contributed by atoms with E-state index in [9.17, 15) is 21.2 Å². The molecule has 0 saturated carbocycles. The van der Waals surface area contributed by atoms with Crippen LogP contribution in [0.15, 0.2) is 70.5 Å². The molecule has 164 valence electrons. The topological polar surface area (TPSA) is 102 Å². The van der Waals surface area contributed by atoms with Gasteiger partial charge in [0, 0.05) is 11.8 Å². The molecular weight excluding hydrogens is 490 g/mol. The molecule has 0 heterocycles. The molecule has 3 aromatic rings. The Morgan fingerprint density at radius 3 is 2.10 bits per heavy atom. The largest absolute Gasteiger partial charge is 0.494 e. The molecule has 0 amide bonds. The van der Waals surface area contributed by atoms with E-state index in [1.165, 1.54) is 49.6 Å². The van der Waals surface area contributed by atoms with Crippen molar-refractivity contribution in [2.45, 2.75) is 9.79 Å². The predicted molar refractivity (Wildman–Crippen MR) is 117 cm³/mol. The van der Waals surface area contributed by atoms with Crippen LogP contribution >= 0.6 is 23.2 Å². The Kier molecular flexibility index (Phi) is 6.65. The number of benzene rings is 3. The summed E-state index contributed by atoms with van der Waals surface area (Å²) in [4.78, 5) is -0.352. The summed E-state index contributed by atoms with van der Waals surface area (Å²) < 4.78 is 73.2. The summed E-state index contributed by atoms with van der Waals surface area (Å²) in [6, 6.07) is 12.5. The van der Waals surface area contributed by atoms with Gasteiger partial charge in [0.2, 0.25) is 0 Å². The minimum absolute atomic E-state index is 0.0480. The number of anilines is 2. The van der Waals surface area contributed by atoms with E-state index in [0.29, 0.717) is 0 Å². The van der Waals surface area contributed by atoms with Crippen molar-refractivity contribution in [1.29, 1.82) is 0 Å². The highest BCUT2D eigenvalue weighted by Crippen LogP contribution is 2.31. The zero-order chi connectivity index (χ0) is 22.8. The molecule has 0 fully saturated rings. The molecule has 7 nitrogen and oxygen atoms in total. The van der Waals surface area contributed by atoms with Crippen LogP contribution in [-0.4, -0.2) is 23.9 Å². The van der Waals surface area contributed by atoms with Crippen LogP contribution in [0.4, 0.5) is 15.8 Å². The predicted octanol–water partition coefficient (Wildman–Crippen LogP) is 4.74. The molecule has 3 rings (SSSR count). The Labute approximate surface area is 188 Å². The third-order valence-corrected chi connectivity index (χ3v) is 7.62. The summed E-state index contributed by atoms with van der Waals surface area (Å²) in [5.74, 6) is -0.932. The molecule has 0 aromatic heterocycles. The molecule has 2 N–H and O–H groups in total. The molecule has 0 bridgehead atoms. The molecule has 0 aliphatic heterocycles. The van der Waals surface area contributed by atoms with Gasteiger partial charge in [-0.2, -0.15) is 0 Å². The average molecular weight is 505 g/mol. The van der Waals surface area contributed by atoms with E-state index < -0.39 is 25.9 Å². The number of methoxy groups -OCH3 is 1. The molecular formula is C19H15Cl2FN2O5S2. The third kappa shape index (κ3) is 5.21. The van der Waals surface area contributed by atoms with E-state index >= 15 is 0 Å². The minimum atomic E-state index is -4.06. The normalized spacial score (nSPS) is 11.7. The van der Waals surface area contributed by atoms with Gasteiger partial charge in [-0.25, -0.2) is 21.2 Å². The van der Waals surface area contributed by atoms with E-state index in [1.807, 2.05) is 0 Å². The molecule has 0 radical (unpaired) electrons. The van der Waals surface area contributed by atoms with Crippen LogP contribution in [0.5, 0.6) is 5.75 Å². The summed E-state index contributed by atoms with van der Waals surface area (Å²) in [5.41, 5.74) is 0.201. The van der Waals surface area contributed by atoms with Crippen LogP contribution in [0, 0.1) is 5.82 Å². The van der Waals surface area contributed by atoms with Crippen molar-refractivity contribution in [3.05, 3.63) is 76.5 Å². The first-order valence-corrected chi connectivity index (χ1v) is 12.2. The van der Waals surface area contributed by atoms with Crippen molar-refractivity contribution in [1.82, 2.24) is 0 Å². The van der Waals surface area contributed by atoms with E-state index in [4.69, 9.17) is 27.9 Å². The van der Waals surface area contributed by atoms with Gasteiger partial charge in [0.15, 0.2) is 11.6 Å². The quantitative estimate of drug-likeness (QED) is 0.483. The number of nitrogens with one attached hydrogen (secondary N) is 2. The Morgan fingerprint density at radius 1 is 0.839 bits per heavy atom. The number of hydrogen-bond acceptors (Lipinski definition) is 5. The molecule has 12 heteroatoms. The molecule has 0 aliphatic rings. The highest BCUT2D eigenvalue weighted by Gasteiger charge is 2.19. The number of sulfonamides is 2. The molecule has 31 heavy (non-hydrogen) atoms. The maximum atomic E-state index is 13.5. The summed E-state index contributed by atoms with van der Waals surface area (Å²) in [7, 11) is -6.86. The number of rotatable bonds is 7. The van der Waals surface area contributed by atoms with Crippen LogP contribution in [0.2, 0.25) is 10.0 Å². The average Bonchev–Trinajstić information content (AvgIpc) is 2.71. The summed E-state index contributed by atoms with van der Waals surface area (Å²) in [6.07, 6.45) is 0. The smallest absolute Gasteiger partial charge is 0.262 e. The van der Waals surface area contributed by atoms with Gasteiger partial charge < -0.3 is 4.74 Å². The molecule has 3 aromatic carbocycles. The zero-order valence-corrected chi connectivity index (χ0v) is 18.9. The van der Waals surface area contributed by atoms with Crippen LogP contribution < -0.4 is 14.2 Å². The number of hydrogen-bond donors (Lipinski definition) is 2. The van der Waals surface area contributed by atoms with E-state index in [2.05, 4.69) is 9.44 Å². The van der Waals surface area contributed by atoms with Gasteiger partial charge in [0.25, 0.3) is 20.0 Å². The van der Waals surface area contributed by atoms with E-state index in [1.54, 1.807) is 0 Å². The van der Waals surface area contributed by atoms with Crippen LogP contribution in [0.1, 0.15) is 0 Å². The maximum Gasteiger partial charge on any atom is 0.262 e. The Bertz CT molecular complexity index is 1330. The van der Waals surface area contributed by atoms with Crippen LogP contribution in [-0.2, 0) is 20.0 Å². The highest BCUT2D eigenvalue weighted by molar-refractivity contribution is 7.93. The number of ether oxygens (including phenoxy) is 1. The maximum absolute atomic E-state index is 13.5. The fraction of sp³-hybridized carbons (Fsp3) is 0.0526. The second-order valence-corrected chi connectivity index (χ2v) is 10.3. The Morgan fingerprint density at radius 2 is 1.45 bits per heavy atom. The van der Waals surface area contributed by atoms with Gasteiger partial charge in [-0.1, -0.05) is 29.3 Å². The summed E-state index contributed by atoms with van der Waals surface area (Å²) in [6.45, 7) is 0. The van der Waals surface area contributed by atoms with Crippen molar-refractivity contribution in [3.63, 3.8) is 0 Å². The van der Waals surface area contributed by atoms with Gasteiger partial charge in [0.05, 0.1) is 32.6 Å². The monoisotopic (exact) mass is 504 g/mol. The number of halogens is 3. The Hall–Kier alpha value is -2.53. The SMILES string of the molecule is COc1cc(S(=O)(=O)Nc2ccc(S(=O)(=O)Nc3cccc(Cl)c3Cl)cc2)ccc1F. The molecule has 0 atom stereocenters. The zero-order valence-electron chi connectivity index (χ0n) is 15.8. The van der Waals surface area contributed by atoms with Gasteiger partial charge >= 0.3 is 0 Å². The Balaban J connectivity index is 1.82. The lowest BCUT2D eigenvalue weighted by Gasteiger charge is -2.12. The lowest BCUT2D eigenvalue weighted by atomic mass is 10.3. The second-order valence-electron chi connectivity index (χ2n) is 6.13. The summed E-state index contributed by atoms with van der Waals surface area (Å²) in [5, 5.41) is 0.232. The van der Waals surface area contributed by atoms with Crippen molar-refractivity contribution < 1.29 is 26.0 Å². The fourth-order valence-corrected chi connectivity index (χ4v) is 5.06. The first-order chi connectivity index (χ1) is 14.5. The highest BCUT2D eigenvalue weighted by atomic mass is 35.5. The summed E-state index contributed by atoms with van der Waals surface area (Å²) >= 11 is 11.9. The molecule has 0 spiro atoms. The van der Waals surface area contributed by atoms with Crippen molar-refractivity contribution in [3.8, 4) is 5.75 Å².